The average molecular weight is 201 g/mol. The monoisotopic (exact) mass is 201 g/mol. The zero-order valence-corrected chi connectivity index (χ0v) is 8.66. The Hall–Kier alpha value is -1.54. The summed E-state index contributed by atoms with van der Waals surface area (Å²) >= 11 is 0. The number of hydrogen-bond acceptors (Lipinski definition) is 1. The third kappa shape index (κ3) is 1.95. The van der Waals surface area contributed by atoms with Crippen molar-refractivity contribution in [1.29, 1.82) is 0 Å². The summed E-state index contributed by atoms with van der Waals surface area (Å²) in [6.45, 7) is 3.99. The van der Waals surface area contributed by atoms with E-state index in [1.807, 2.05) is 12.1 Å². The predicted octanol–water partition coefficient (Wildman–Crippen LogP) is 2.74. The number of aromatic nitrogens is 1. The summed E-state index contributed by atoms with van der Waals surface area (Å²) in [6.07, 6.45) is 3.55. The number of fused-ring (bicyclic) bond motifs is 1. The fourth-order valence-corrected chi connectivity index (χ4v) is 1.84. The predicted molar refractivity (Wildman–Crippen MR) is 63.8 cm³/mol. The number of nitrogens with one attached hydrogen (secondary N) is 1. The van der Waals surface area contributed by atoms with Crippen molar-refractivity contribution in [2.75, 3.05) is 6.61 Å². The molecule has 0 saturated carbocycles. The summed E-state index contributed by atoms with van der Waals surface area (Å²) in [6, 6.07) is 8.32. The standard InChI is InChI=1S/C13H15NO/c1-2-11-9-12-10(6-4-8-15)5-3-7-13(12)14-11/h2-3,5,7,9,14-15H,1,4,6,8H2. The molecule has 0 radical (unpaired) electrons. The first-order valence-electron chi connectivity index (χ1n) is 5.19. The molecule has 0 aliphatic rings. The van der Waals surface area contributed by atoms with Gasteiger partial charge < -0.3 is 10.1 Å². The van der Waals surface area contributed by atoms with Gasteiger partial charge in [0.15, 0.2) is 0 Å². The van der Waals surface area contributed by atoms with Gasteiger partial charge in [-0.2, -0.15) is 0 Å². The van der Waals surface area contributed by atoms with E-state index in [9.17, 15) is 0 Å². The highest BCUT2D eigenvalue weighted by Gasteiger charge is 2.03. The molecule has 2 N–H and O–H groups in total. The summed E-state index contributed by atoms with van der Waals surface area (Å²) in [7, 11) is 0. The van der Waals surface area contributed by atoms with Gasteiger partial charge in [-0.3, -0.25) is 0 Å². The van der Waals surface area contributed by atoms with Crippen LogP contribution in [0.1, 0.15) is 17.7 Å². The summed E-state index contributed by atoms with van der Waals surface area (Å²) in [5.41, 5.74) is 3.47. The molecule has 0 aliphatic heterocycles. The summed E-state index contributed by atoms with van der Waals surface area (Å²) < 4.78 is 0. The van der Waals surface area contributed by atoms with E-state index in [-0.39, 0.29) is 6.61 Å². The average Bonchev–Trinajstić information content (AvgIpc) is 2.69. The van der Waals surface area contributed by atoms with E-state index in [0.717, 1.165) is 24.1 Å². The first kappa shape index (κ1) is 9.99. The first-order valence-corrected chi connectivity index (χ1v) is 5.19. The highest BCUT2D eigenvalue weighted by molar-refractivity contribution is 5.85. The highest BCUT2D eigenvalue weighted by atomic mass is 16.2. The summed E-state index contributed by atoms with van der Waals surface area (Å²) in [5.74, 6) is 0. The van der Waals surface area contributed by atoms with Gasteiger partial charge in [0.2, 0.25) is 0 Å². The van der Waals surface area contributed by atoms with Crippen LogP contribution < -0.4 is 0 Å². The van der Waals surface area contributed by atoms with Crippen molar-refractivity contribution in [3.8, 4) is 0 Å². The Morgan fingerprint density at radius 3 is 3.00 bits per heavy atom. The van der Waals surface area contributed by atoms with Crippen molar-refractivity contribution in [1.82, 2.24) is 4.98 Å². The second-order valence-corrected chi connectivity index (χ2v) is 3.63. The third-order valence-corrected chi connectivity index (χ3v) is 2.60. The van der Waals surface area contributed by atoms with E-state index in [0.29, 0.717) is 0 Å². The Morgan fingerprint density at radius 1 is 1.40 bits per heavy atom. The SMILES string of the molecule is C=Cc1cc2c(CCCO)cccc2[nH]1. The number of aromatic amines is 1. The van der Waals surface area contributed by atoms with Crippen molar-refractivity contribution >= 4 is 17.0 Å². The zero-order valence-electron chi connectivity index (χ0n) is 8.66. The summed E-state index contributed by atoms with van der Waals surface area (Å²) in [4.78, 5) is 3.28. The van der Waals surface area contributed by atoms with E-state index >= 15 is 0 Å². The number of aliphatic hydroxyl groups is 1. The number of hydrogen-bond donors (Lipinski definition) is 2. The van der Waals surface area contributed by atoms with Crippen LogP contribution in [0.4, 0.5) is 0 Å². The molecule has 0 saturated heterocycles. The quantitative estimate of drug-likeness (QED) is 0.784. The van der Waals surface area contributed by atoms with Crippen LogP contribution in [0.2, 0.25) is 0 Å². The molecule has 1 heterocycles. The molecule has 2 nitrogen and oxygen atoms in total. The fraction of sp³-hybridized carbons (Fsp3) is 0.231. The van der Waals surface area contributed by atoms with Crippen LogP contribution in [0.15, 0.2) is 30.8 Å². The van der Waals surface area contributed by atoms with Crippen LogP contribution in [0.5, 0.6) is 0 Å². The molecule has 2 heteroatoms. The summed E-state index contributed by atoms with van der Waals surface area (Å²) in [5, 5.41) is 10.1. The lowest BCUT2D eigenvalue weighted by Gasteiger charge is -2.00. The van der Waals surface area contributed by atoms with Gasteiger partial charge in [-0.05, 0) is 36.6 Å². The Morgan fingerprint density at radius 2 is 2.27 bits per heavy atom. The molecule has 0 spiro atoms. The number of H-pyrrole nitrogens is 1. The van der Waals surface area contributed by atoms with Crippen LogP contribution >= 0.6 is 0 Å². The van der Waals surface area contributed by atoms with Gasteiger partial charge in [0, 0.05) is 23.2 Å². The van der Waals surface area contributed by atoms with Gasteiger partial charge in [0.25, 0.3) is 0 Å². The maximum Gasteiger partial charge on any atom is 0.0461 e. The van der Waals surface area contributed by atoms with Crippen molar-refractivity contribution in [2.24, 2.45) is 0 Å². The van der Waals surface area contributed by atoms with Gasteiger partial charge >= 0.3 is 0 Å². The van der Waals surface area contributed by atoms with Crippen molar-refractivity contribution in [3.05, 3.63) is 42.1 Å². The molecule has 0 amide bonds. The molecule has 0 atom stereocenters. The second kappa shape index (κ2) is 4.32. The third-order valence-electron chi connectivity index (χ3n) is 2.60. The molecule has 0 bridgehead atoms. The van der Waals surface area contributed by atoms with Gasteiger partial charge in [-0.25, -0.2) is 0 Å². The molecule has 2 aromatic rings. The van der Waals surface area contributed by atoms with Crippen LogP contribution in [-0.4, -0.2) is 16.7 Å². The minimum absolute atomic E-state index is 0.245. The molecule has 2 rings (SSSR count). The van der Waals surface area contributed by atoms with Crippen LogP contribution in [-0.2, 0) is 6.42 Å². The lowest BCUT2D eigenvalue weighted by molar-refractivity contribution is 0.289. The van der Waals surface area contributed by atoms with Crippen LogP contribution in [0, 0.1) is 0 Å². The lowest BCUT2D eigenvalue weighted by atomic mass is 10.1. The molecular formula is C13H15NO. The maximum absolute atomic E-state index is 8.83. The molecule has 0 aliphatic carbocycles. The van der Waals surface area contributed by atoms with E-state index in [2.05, 4.69) is 29.8 Å². The molecule has 1 aromatic carbocycles. The van der Waals surface area contributed by atoms with Crippen LogP contribution in [0.25, 0.3) is 17.0 Å². The number of aliphatic hydroxyl groups excluding tert-OH is 1. The Labute approximate surface area is 89.3 Å². The first-order chi connectivity index (χ1) is 7.35. The maximum atomic E-state index is 8.83. The lowest BCUT2D eigenvalue weighted by Crippen LogP contribution is -1.89. The Kier molecular flexibility index (Phi) is 2.88. The van der Waals surface area contributed by atoms with E-state index in [1.54, 1.807) is 0 Å². The molecule has 0 unspecified atom stereocenters. The van der Waals surface area contributed by atoms with Crippen LogP contribution in [0.3, 0.4) is 0 Å². The van der Waals surface area contributed by atoms with Crippen molar-refractivity contribution in [2.45, 2.75) is 12.8 Å². The van der Waals surface area contributed by atoms with E-state index < -0.39 is 0 Å². The van der Waals surface area contributed by atoms with Gasteiger partial charge in [-0.1, -0.05) is 18.7 Å². The molecule has 0 fully saturated rings. The number of benzene rings is 1. The van der Waals surface area contributed by atoms with Gasteiger partial charge in [0.05, 0.1) is 0 Å². The molecular weight excluding hydrogens is 186 g/mol. The number of aryl methyl sites for hydroxylation is 1. The minimum atomic E-state index is 0.245. The highest BCUT2D eigenvalue weighted by Crippen LogP contribution is 2.21. The van der Waals surface area contributed by atoms with E-state index in [4.69, 9.17) is 5.11 Å². The van der Waals surface area contributed by atoms with Gasteiger partial charge in [-0.15, -0.1) is 0 Å². The zero-order chi connectivity index (χ0) is 10.7. The normalized spacial score (nSPS) is 10.7. The number of rotatable bonds is 4. The minimum Gasteiger partial charge on any atom is -0.396 e. The van der Waals surface area contributed by atoms with Crippen molar-refractivity contribution < 1.29 is 5.11 Å². The Bertz CT molecular complexity index is 470. The van der Waals surface area contributed by atoms with E-state index in [1.165, 1.54) is 10.9 Å². The molecule has 15 heavy (non-hydrogen) atoms. The molecule has 1 aromatic heterocycles. The largest absolute Gasteiger partial charge is 0.396 e. The smallest absolute Gasteiger partial charge is 0.0461 e. The van der Waals surface area contributed by atoms with Gasteiger partial charge in [0.1, 0.15) is 0 Å². The Balaban J connectivity index is 2.44. The fourth-order valence-electron chi connectivity index (χ4n) is 1.84. The van der Waals surface area contributed by atoms with Crippen molar-refractivity contribution in [3.63, 3.8) is 0 Å². The second-order valence-electron chi connectivity index (χ2n) is 3.63. The molecule has 78 valence electrons. The topological polar surface area (TPSA) is 36.0 Å².